The second-order valence-corrected chi connectivity index (χ2v) is 7.56. The smallest absolute Gasteiger partial charge is 0.311 e. The lowest BCUT2D eigenvalue weighted by Gasteiger charge is -2.28. The topological polar surface area (TPSA) is 75.4 Å². The summed E-state index contributed by atoms with van der Waals surface area (Å²) < 4.78 is 1.69. The summed E-state index contributed by atoms with van der Waals surface area (Å²) >= 11 is 5.92. The molecule has 0 saturated carbocycles. The molecule has 0 radical (unpaired) electrons. The van der Waals surface area contributed by atoms with Crippen LogP contribution in [-0.4, -0.2) is 44.8 Å². The maximum Gasteiger partial charge on any atom is 0.311 e. The van der Waals surface area contributed by atoms with Gasteiger partial charge in [0.1, 0.15) is 0 Å². The first-order valence-electron chi connectivity index (χ1n) is 8.59. The molecule has 1 aromatic heterocycles. The number of halogens is 1. The summed E-state index contributed by atoms with van der Waals surface area (Å²) in [5.41, 5.74) is 1.14. The summed E-state index contributed by atoms with van der Waals surface area (Å²) in [4.78, 5) is 26.4. The highest BCUT2D eigenvalue weighted by atomic mass is 35.5. The molecule has 7 heteroatoms. The molecule has 1 amide bonds. The maximum atomic E-state index is 13.0. The molecule has 1 saturated heterocycles. The molecular weight excluding hydrogens is 354 g/mol. The molecule has 1 aromatic carbocycles. The summed E-state index contributed by atoms with van der Waals surface area (Å²) in [5.74, 6) is -1.06. The van der Waals surface area contributed by atoms with Crippen LogP contribution >= 0.6 is 11.6 Å². The molecule has 1 unspecified atom stereocenters. The lowest BCUT2D eigenvalue weighted by atomic mass is 9.76. The van der Waals surface area contributed by atoms with Gasteiger partial charge >= 0.3 is 5.97 Å². The molecule has 0 spiro atoms. The molecule has 0 bridgehead atoms. The zero-order chi connectivity index (χ0) is 19.1. The van der Waals surface area contributed by atoms with E-state index >= 15 is 0 Å². The average Bonchev–Trinajstić information content (AvgIpc) is 3.20. The van der Waals surface area contributed by atoms with Gasteiger partial charge in [0.2, 0.25) is 0 Å². The lowest BCUT2D eigenvalue weighted by Crippen LogP contribution is -2.40. The van der Waals surface area contributed by atoms with Gasteiger partial charge in [-0.25, -0.2) is 4.68 Å². The Labute approximate surface area is 157 Å². The number of carbonyl (C=O) groups excluding carboxylic acids is 1. The standard InChI is InChI=1S/C19H22ClN3O3/c1-12(2)19(18(25)26)8-9-22(11-19)17(24)16-10-21-23(13(16)3)15-6-4-14(20)5-7-15/h4-7,10,12H,8-9,11H2,1-3H3,(H,25,26). The first kappa shape index (κ1) is 18.5. The third-order valence-electron chi connectivity index (χ3n) is 5.43. The predicted octanol–water partition coefficient (Wildman–Crippen LogP) is 3.41. The largest absolute Gasteiger partial charge is 0.481 e. The van der Waals surface area contributed by atoms with Crippen LogP contribution in [-0.2, 0) is 4.79 Å². The van der Waals surface area contributed by atoms with Crippen LogP contribution in [0.25, 0.3) is 5.69 Å². The van der Waals surface area contributed by atoms with Crippen molar-refractivity contribution < 1.29 is 14.7 Å². The van der Waals surface area contributed by atoms with Gasteiger partial charge in [0.05, 0.1) is 28.6 Å². The first-order chi connectivity index (χ1) is 12.3. The van der Waals surface area contributed by atoms with E-state index in [1.54, 1.807) is 27.9 Å². The van der Waals surface area contributed by atoms with E-state index in [-0.39, 0.29) is 18.4 Å². The fourth-order valence-corrected chi connectivity index (χ4v) is 3.66. The van der Waals surface area contributed by atoms with E-state index < -0.39 is 11.4 Å². The monoisotopic (exact) mass is 375 g/mol. The van der Waals surface area contributed by atoms with Gasteiger partial charge in [0.25, 0.3) is 5.91 Å². The summed E-state index contributed by atoms with van der Waals surface area (Å²) in [6.45, 7) is 6.29. The highest BCUT2D eigenvalue weighted by Crippen LogP contribution is 2.38. The van der Waals surface area contributed by atoms with Gasteiger partial charge in [-0.1, -0.05) is 25.4 Å². The van der Waals surface area contributed by atoms with Crippen molar-refractivity contribution in [2.75, 3.05) is 13.1 Å². The van der Waals surface area contributed by atoms with Crippen molar-refractivity contribution in [2.45, 2.75) is 27.2 Å². The molecule has 2 heterocycles. The van der Waals surface area contributed by atoms with Crippen molar-refractivity contribution in [1.29, 1.82) is 0 Å². The Morgan fingerprint density at radius 3 is 2.46 bits per heavy atom. The van der Waals surface area contributed by atoms with Crippen LogP contribution in [0.15, 0.2) is 30.5 Å². The third kappa shape index (κ3) is 2.98. The van der Waals surface area contributed by atoms with Crippen LogP contribution in [0.3, 0.4) is 0 Å². The minimum absolute atomic E-state index is 0.0457. The summed E-state index contributed by atoms with van der Waals surface area (Å²) in [6, 6.07) is 7.20. The molecular formula is C19H22ClN3O3. The van der Waals surface area contributed by atoms with E-state index in [2.05, 4.69) is 5.10 Å². The van der Waals surface area contributed by atoms with Crippen LogP contribution in [0.5, 0.6) is 0 Å². The van der Waals surface area contributed by atoms with E-state index in [0.717, 1.165) is 11.4 Å². The molecule has 0 aliphatic carbocycles. The molecule has 26 heavy (non-hydrogen) atoms. The number of aliphatic carboxylic acids is 1. The second kappa shape index (κ2) is 6.76. The van der Waals surface area contributed by atoms with Crippen LogP contribution in [0, 0.1) is 18.3 Å². The molecule has 1 atom stereocenters. The Kier molecular flexibility index (Phi) is 4.80. The minimum atomic E-state index is -0.879. The molecule has 6 nitrogen and oxygen atoms in total. The van der Waals surface area contributed by atoms with Crippen LogP contribution in [0.2, 0.25) is 5.02 Å². The SMILES string of the molecule is Cc1c(C(=O)N2CCC(C(=O)O)(C(C)C)C2)cnn1-c1ccc(Cl)cc1. The number of carboxylic acids is 1. The molecule has 1 N–H and O–H groups in total. The predicted molar refractivity (Wildman–Crippen MR) is 98.7 cm³/mol. The van der Waals surface area contributed by atoms with Crippen molar-refractivity contribution in [3.63, 3.8) is 0 Å². The lowest BCUT2D eigenvalue weighted by molar-refractivity contribution is -0.150. The molecule has 1 aliphatic rings. The van der Waals surface area contributed by atoms with E-state index in [1.165, 1.54) is 0 Å². The van der Waals surface area contributed by atoms with Crippen LogP contribution in [0.1, 0.15) is 36.3 Å². The second-order valence-electron chi connectivity index (χ2n) is 7.12. The van der Waals surface area contributed by atoms with E-state index in [1.807, 2.05) is 32.9 Å². The number of nitrogens with zero attached hydrogens (tertiary/aromatic N) is 3. The molecule has 1 aliphatic heterocycles. The molecule has 3 rings (SSSR count). The van der Waals surface area contributed by atoms with Crippen molar-refractivity contribution in [3.05, 3.63) is 46.7 Å². The summed E-state index contributed by atoms with van der Waals surface area (Å²) in [5, 5.41) is 14.6. The zero-order valence-electron chi connectivity index (χ0n) is 15.1. The van der Waals surface area contributed by atoms with Gasteiger partial charge in [-0.3, -0.25) is 9.59 Å². The zero-order valence-corrected chi connectivity index (χ0v) is 15.8. The number of amides is 1. The maximum absolute atomic E-state index is 13.0. The quantitative estimate of drug-likeness (QED) is 0.888. The Bertz CT molecular complexity index is 844. The summed E-state index contributed by atoms with van der Waals surface area (Å²) in [6.07, 6.45) is 2.01. The van der Waals surface area contributed by atoms with Crippen molar-refractivity contribution >= 4 is 23.5 Å². The number of hydrogen-bond acceptors (Lipinski definition) is 3. The van der Waals surface area contributed by atoms with Gasteiger partial charge in [-0.2, -0.15) is 5.10 Å². The van der Waals surface area contributed by atoms with Crippen LogP contribution in [0.4, 0.5) is 0 Å². The highest BCUT2D eigenvalue weighted by Gasteiger charge is 2.48. The Morgan fingerprint density at radius 2 is 1.92 bits per heavy atom. The normalized spacial score (nSPS) is 20.0. The fraction of sp³-hybridized carbons (Fsp3) is 0.421. The number of rotatable bonds is 4. The van der Waals surface area contributed by atoms with Gasteiger partial charge in [0, 0.05) is 18.1 Å². The Hall–Kier alpha value is -2.34. The van der Waals surface area contributed by atoms with Gasteiger partial charge in [-0.15, -0.1) is 0 Å². The number of likely N-dealkylation sites (tertiary alicyclic amines) is 1. The average molecular weight is 376 g/mol. The van der Waals surface area contributed by atoms with E-state index in [9.17, 15) is 14.7 Å². The molecule has 138 valence electrons. The number of aromatic nitrogens is 2. The highest BCUT2D eigenvalue weighted by molar-refractivity contribution is 6.30. The van der Waals surface area contributed by atoms with Crippen molar-refractivity contribution in [3.8, 4) is 5.69 Å². The Balaban J connectivity index is 1.86. The Morgan fingerprint density at radius 1 is 1.27 bits per heavy atom. The molecule has 1 fully saturated rings. The number of carboxylic acid groups (broad SMARTS) is 1. The number of benzene rings is 1. The van der Waals surface area contributed by atoms with E-state index in [0.29, 0.717) is 23.6 Å². The van der Waals surface area contributed by atoms with E-state index in [4.69, 9.17) is 11.6 Å². The fourth-order valence-electron chi connectivity index (χ4n) is 3.53. The minimum Gasteiger partial charge on any atom is -0.481 e. The number of carbonyl (C=O) groups is 2. The van der Waals surface area contributed by atoms with Gasteiger partial charge < -0.3 is 10.0 Å². The third-order valence-corrected chi connectivity index (χ3v) is 5.68. The summed E-state index contributed by atoms with van der Waals surface area (Å²) in [7, 11) is 0. The first-order valence-corrected chi connectivity index (χ1v) is 8.97. The van der Waals surface area contributed by atoms with Gasteiger partial charge in [-0.05, 0) is 43.5 Å². The van der Waals surface area contributed by atoms with Crippen molar-refractivity contribution in [1.82, 2.24) is 14.7 Å². The molecule has 2 aromatic rings. The van der Waals surface area contributed by atoms with Crippen LogP contribution < -0.4 is 0 Å². The number of hydrogen-bond donors (Lipinski definition) is 1. The van der Waals surface area contributed by atoms with Crippen molar-refractivity contribution in [2.24, 2.45) is 11.3 Å². The van der Waals surface area contributed by atoms with Gasteiger partial charge in [0.15, 0.2) is 0 Å².